The van der Waals surface area contributed by atoms with Crippen LogP contribution in [0.5, 0.6) is 0 Å². The highest BCUT2D eigenvalue weighted by Crippen LogP contribution is 2.09. The number of rotatable bonds is 8. The summed E-state index contributed by atoms with van der Waals surface area (Å²) in [6.07, 6.45) is 1.95. The maximum Gasteiger partial charge on any atom is 0.275 e. The lowest BCUT2D eigenvalue weighted by molar-refractivity contribution is -0.885. The molecule has 2 rings (SSSR count). The van der Waals surface area contributed by atoms with Gasteiger partial charge in [0.05, 0.1) is 7.05 Å². The second-order valence-corrected chi connectivity index (χ2v) is 7.35. The Hall–Kier alpha value is -1.65. The number of nitrogens with one attached hydrogen (secondary N) is 2. The Kier molecular flexibility index (Phi) is 7.47. The zero-order chi connectivity index (χ0) is 17.4. The number of quaternary nitrogens is 1. The van der Waals surface area contributed by atoms with Crippen molar-refractivity contribution in [1.29, 1.82) is 0 Å². The Bertz CT molecular complexity index is 628. The summed E-state index contributed by atoms with van der Waals surface area (Å²) in [4.78, 5) is 13.4. The van der Waals surface area contributed by atoms with Crippen LogP contribution in [-0.4, -0.2) is 25.5 Å². The van der Waals surface area contributed by atoms with E-state index in [1.165, 1.54) is 16.0 Å². The van der Waals surface area contributed by atoms with E-state index in [0.717, 1.165) is 23.9 Å². The first-order chi connectivity index (χ1) is 11.5. The first-order valence-electron chi connectivity index (χ1n) is 8.42. The van der Waals surface area contributed by atoms with E-state index in [-0.39, 0.29) is 11.9 Å². The van der Waals surface area contributed by atoms with Crippen LogP contribution >= 0.6 is 15.9 Å². The van der Waals surface area contributed by atoms with Crippen molar-refractivity contribution in [3.63, 3.8) is 0 Å². The van der Waals surface area contributed by atoms with Gasteiger partial charge in [-0.2, -0.15) is 0 Å². The van der Waals surface area contributed by atoms with Gasteiger partial charge in [0.1, 0.15) is 6.54 Å². The third-order valence-corrected chi connectivity index (χ3v) is 4.53. The second-order valence-electron chi connectivity index (χ2n) is 6.43. The van der Waals surface area contributed by atoms with Crippen molar-refractivity contribution < 1.29 is 9.69 Å². The minimum atomic E-state index is 0.116. The molecule has 24 heavy (non-hydrogen) atoms. The molecule has 0 spiro atoms. The number of carbonyl (C=O) groups excluding carboxylic acids is 1. The minimum absolute atomic E-state index is 0.116. The molecule has 0 radical (unpaired) electrons. The zero-order valence-corrected chi connectivity index (χ0v) is 16.0. The summed E-state index contributed by atoms with van der Waals surface area (Å²) < 4.78 is 1.08. The molecule has 4 heteroatoms. The predicted molar refractivity (Wildman–Crippen MR) is 102 cm³/mol. The van der Waals surface area contributed by atoms with Crippen LogP contribution in [0.1, 0.15) is 24.5 Å². The second kappa shape index (κ2) is 9.60. The molecular formula is C20H26BrN2O+. The standard InChI is InChI=1S/C20H25BrN2O/c1-16(8-9-17-6-4-3-5-7-17)22-20(24)15-23(2)14-18-10-12-19(21)13-11-18/h3-7,10-13,16H,8-9,14-15H2,1-2H3,(H,22,24)/p+1/t16-/m0/s1. The summed E-state index contributed by atoms with van der Waals surface area (Å²) in [5.41, 5.74) is 2.55. The molecule has 0 aromatic heterocycles. The average molecular weight is 390 g/mol. The fourth-order valence-corrected chi connectivity index (χ4v) is 2.98. The van der Waals surface area contributed by atoms with E-state index in [9.17, 15) is 4.79 Å². The van der Waals surface area contributed by atoms with Crippen molar-refractivity contribution >= 4 is 21.8 Å². The summed E-state index contributed by atoms with van der Waals surface area (Å²) in [7, 11) is 2.05. The number of amides is 1. The third-order valence-electron chi connectivity index (χ3n) is 4.00. The van der Waals surface area contributed by atoms with Crippen LogP contribution in [0, 0.1) is 0 Å². The monoisotopic (exact) mass is 389 g/mol. The van der Waals surface area contributed by atoms with Gasteiger partial charge in [0.2, 0.25) is 0 Å². The lowest BCUT2D eigenvalue weighted by Gasteiger charge is -2.17. The number of carbonyl (C=O) groups is 1. The molecule has 2 N–H and O–H groups in total. The number of aryl methyl sites for hydroxylation is 1. The first-order valence-corrected chi connectivity index (χ1v) is 9.21. The predicted octanol–water partition coefficient (Wildman–Crippen LogP) is 2.60. The lowest BCUT2D eigenvalue weighted by Crippen LogP contribution is -3.09. The van der Waals surface area contributed by atoms with E-state index in [1.54, 1.807) is 0 Å². The maximum atomic E-state index is 12.2. The van der Waals surface area contributed by atoms with Crippen LogP contribution in [-0.2, 0) is 17.8 Å². The summed E-state index contributed by atoms with van der Waals surface area (Å²) in [6.45, 7) is 3.41. The molecule has 0 saturated heterocycles. The molecule has 2 aromatic rings. The van der Waals surface area contributed by atoms with E-state index >= 15 is 0 Å². The lowest BCUT2D eigenvalue weighted by atomic mass is 10.1. The van der Waals surface area contributed by atoms with Gasteiger partial charge in [-0.25, -0.2) is 0 Å². The fraction of sp³-hybridized carbons (Fsp3) is 0.350. The van der Waals surface area contributed by atoms with E-state index in [1.807, 2.05) is 18.2 Å². The molecular weight excluding hydrogens is 364 g/mol. The fourth-order valence-electron chi connectivity index (χ4n) is 2.71. The van der Waals surface area contributed by atoms with Gasteiger partial charge in [-0.1, -0.05) is 58.4 Å². The van der Waals surface area contributed by atoms with Gasteiger partial charge in [0.15, 0.2) is 6.54 Å². The third kappa shape index (κ3) is 6.85. The van der Waals surface area contributed by atoms with Crippen LogP contribution in [0.3, 0.4) is 0 Å². The highest BCUT2D eigenvalue weighted by molar-refractivity contribution is 9.10. The van der Waals surface area contributed by atoms with Crippen LogP contribution in [0.4, 0.5) is 0 Å². The van der Waals surface area contributed by atoms with Crippen molar-refractivity contribution in [1.82, 2.24) is 5.32 Å². The Balaban J connectivity index is 1.70. The van der Waals surface area contributed by atoms with Gasteiger partial charge in [-0.3, -0.25) is 4.79 Å². The molecule has 0 fully saturated rings. The Morgan fingerprint density at radius 2 is 1.75 bits per heavy atom. The summed E-state index contributed by atoms with van der Waals surface area (Å²) in [6, 6.07) is 18.8. The van der Waals surface area contributed by atoms with Crippen molar-refractivity contribution in [2.24, 2.45) is 0 Å². The normalized spacial score (nSPS) is 13.3. The molecule has 0 heterocycles. The quantitative estimate of drug-likeness (QED) is 0.714. The number of benzene rings is 2. The maximum absolute atomic E-state index is 12.2. The largest absolute Gasteiger partial charge is 0.349 e. The molecule has 2 atom stereocenters. The molecule has 128 valence electrons. The molecule has 2 aromatic carbocycles. The van der Waals surface area contributed by atoms with Crippen LogP contribution in [0.25, 0.3) is 0 Å². The SMILES string of the molecule is C[C@@H](CCc1ccccc1)NC(=O)C[NH+](C)Cc1ccc(Br)cc1. The average Bonchev–Trinajstić information content (AvgIpc) is 2.56. The van der Waals surface area contributed by atoms with E-state index < -0.39 is 0 Å². The molecule has 3 nitrogen and oxygen atoms in total. The zero-order valence-electron chi connectivity index (χ0n) is 14.4. The molecule has 0 aliphatic carbocycles. The van der Waals surface area contributed by atoms with Crippen molar-refractivity contribution in [2.75, 3.05) is 13.6 Å². The Morgan fingerprint density at radius 1 is 1.08 bits per heavy atom. The van der Waals surface area contributed by atoms with Crippen molar-refractivity contribution in [3.05, 3.63) is 70.2 Å². The summed E-state index contributed by atoms with van der Waals surface area (Å²) >= 11 is 3.44. The topological polar surface area (TPSA) is 33.5 Å². The van der Waals surface area contributed by atoms with E-state index in [4.69, 9.17) is 0 Å². The number of halogens is 1. The van der Waals surface area contributed by atoms with Crippen LogP contribution in [0.15, 0.2) is 59.1 Å². The molecule has 0 bridgehead atoms. The van der Waals surface area contributed by atoms with Gasteiger partial charge in [-0.05, 0) is 37.5 Å². The first kappa shape index (κ1) is 18.7. The van der Waals surface area contributed by atoms with Gasteiger partial charge in [0.25, 0.3) is 5.91 Å². The van der Waals surface area contributed by atoms with E-state index in [2.05, 4.69) is 71.6 Å². The number of hydrogen-bond acceptors (Lipinski definition) is 1. The summed E-state index contributed by atoms with van der Waals surface area (Å²) in [5, 5.41) is 3.11. The van der Waals surface area contributed by atoms with Crippen LogP contribution < -0.4 is 10.2 Å². The van der Waals surface area contributed by atoms with Crippen molar-refractivity contribution in [2.45, 2.75) is 32.4 Å². The molecule has 0 aliphatic rings. The van der Waals surface area contributed by atoms with Crippen molar-refractivity contribution in [3.8, 4) is 0 Å². The van der Waals surface area contributed by atoms with E-state index in [0.29, 0.717) is 6.54 Å². The smallest absolute Gasteiger partial charge is 0.275 e. The molecule has 1 amide bonds. The van der Waals surface area contributed by atoms with Crippen LogP contribution in [0.2, 0.25) is 0 Å². The highest BCUT2D eigenvalue weighted by atomic mass is 79.9. The highest BCUT2D eigenvalue weighted by Gasteiger charge is 2.13. The molecule has 0 saturated carbocycles. The minimum Gasteiger partial charge on any atom is -0.349 e. The van der Waals surface area contributed by atoms with Gasteiger partial charge >= 0.3 is 0 Å². The Labute approximate surface area is 153 Å². The molecule has 0 aliphatic heterocycles. The van der Waals surface area contributed by atoms with Gasteiger partial charge < -0.3 is 10.2 Å². The van der Waals surface area contributed by atoms with Gasteiger partial charge in [-0.15, -0.1) is 0 Å². The molecule has 1 unspecified atom stereocenters. The number of hydrogen-bond donors (Lipinski definition) is 2. The summed E-state index contributed by atoms with van der Waals surface area (Å²) in [5.74, 6) is 0.116. The number of likely N-dealkylation sites (N-methyl/N-ethyl adjacent to an activating group) is 1. The van der Waals surface area contributed by atoms with Gasteiger partial charge in [0, 0.05) is 16.1 Å². The Morgan fingerprint density at radius 3 is 2.42 bits per heavy atom.